The van der Waals surface area contributed by atoms with Gasteiger partial charge in [-0.05, 0) is 67.3 Å². The first kappa shape index (κ1) is 18.3. The molecule has 3 aromatic rings. The van der Waals surface area contributed by atoms with Gasteiger partial charge in [-0.1, -0.05) is 0 Å². The van der Waals surface area contributed by atoms with E-state index in [9.17, 15) is 13.6 Å². The van der Waals surface area contributed by atoms with Crippen molar-refractivity contribution in [3.8, 4) is 0 Å². The normalized spacial score (nSPS) is 15.0. The molecule has 1 amide bonds. The van der Waals surface area contributed by atoms with Gasteiger partial charge in [0.1, 0.15) is 11.6 Å². The Morgan fingerprint density at radius 3 is 2.50 bits per heavy atom. The molecule has 2 heterocycles. The molecule has 144 valence electrons. The molecule has 4 nitrogen and oxygen atoms in total. The molecule has 1 saturated heterocycles. The predicted molar refractivity (Wildman–Crippen MR) is 106 cm³/mol. The number of carbonyl (C=O) groups is 1. The maximum absolute atomic E-state index is 13.7. The lowest BCUT2D eigenvalue weighted by Gasteiger charge is -2.34. The van der Waals surface area contributed by atoms with Crippen molar-refractivity contribution in [2.75, 3.05) is 23.3 Å². The van der Waals surface area contributed by atoms with Gasteiger partial charge in [0.15, 0.2) is 0 Å². The highest BCUT2D eigenvalue weighted by molar-refractivity contribution is 5.92. The van der Waals surface area contributed by atoms with E-state index in [1.807, 2.05) is 6.07 Å². The Morgan fingerprint density at radius 1 is 1.04 bits per heavy atom. The zero-order valence-electron chi connectivity index (χ0n) is 15.4. The van der Waals surface area contributed by atoms with Crippen molar-refractivity contribution in [3.63, 3.8) is 0 Å². The summed E-state index contributed by atoms with van der Waals surface area (Å²) in [6.07, 6.45) is 3.96. The number of anilines is 2. The lowest BCUT2D eigenvalue weighted by molar-refractivity contribution is -0.117. The van der Waals surface area contributed by atoms with E-state index in [0.717, 1.165) is 42.5 Å². The van der Waals surface area contributed by atoms with E-state index in [1.54, 1.807) is 24.4 Å². The molecule has 4 rings (SSSR count). The Balaban J connectivity index is 1.36. The van der Waals surface area contributed by atoms with Gasteiger partial charge in [0.2, 0.25) is 5.91 Å². The van der Waals surface area contributed by atoms with Crippen LogP contribution in [0.15, 0.2) is 54.7 Å². The van der Waals surface area contributed by atoms with Crippen LogP contribution in [0.2, 0.25) is 0 Å². The first-order chi connectivity index (χ1) is 13.6. The van der Waals surface area contributed by atoms with Crippen LogP contribution < -0.4 is 10.2 Å². The molecular formula is C22H21F2N3O. The number of aromatic nitrogens is 1. The summed E-state index contributed by atoms with van der Waals surface area (Å²) in [4.78, 5) is 18.8. The van der Waals surface area contributed by atoms with Gasteiger partial charge in [0.05, 0.1) is 5.52 Å². The van der Waals surface area contributed by atoms with Crippen molar-refractivity contribution in [2.45, 2.75) is 19.3 Å². The molecule has 2 aromatic carbocycles. The average molecular weight is 381 g/mol. The van der Waals surface area contributed by atoms with Crippen LogP contribution in [0, 0.1) is 17.6 Å². The van der Waals surface area contributed by atoms with Crippen molar-refractivity contribution in [3.05, 3.63) is 66.4 Å². The van der Waals surface area contributed by atoms with Crippen LogP contribution >= 0.6 is 0 Å². The van der Waals surface area contributed by atoms with E-state index in [0.29, 0.717) is 18.0 Å². The monoisotopic (exact) mass is 381 g/mol. The molecule has 0 radical (unpaired) electrons. The van der Waals surface area contributed by atoms with Gasteiger partial charge in [-0.2, -0.15) is 0 Å². The average Bonchev–Trinajstić information content (AvgIpc) is 2.70. The fraction of sp³-hybridized carbons (Fsp3) is 0.273. The Bertz CT molecular complexity index is 983. The Morgan fingerprint density at radius 2 is 1.75 bits per heavy atom. The maximum atomic E-state index is 13.7. The number of amides is 1. The van der Waals surface area contributed by atoms with Crippen LogP contribution in [0.1, 0.15) is 19.3 Å². The predicted octanol–water partition coefficient (Wildman–Crippen LogP) is 4.76. The largest absolute Gasteiger partial charge is 0.371 e. The van der Waals surface area contributed by atoms with E-state index in [1.165, 1.54) is 24.3 Å². The molecular weight excluding hydrogens is 360 g/mol. The molecule has 1 N–H and O–H groups in total. The number of nitrogens with zero attached hydrogens (tertiary/aromatic N) is 2. The quantitative estimate of drug-likeness (QED) is 0.709. The highest BCUT2D eigenvalue weighted by Crippen LogP contribution is 2.30. The molecule has 6 heteroatoms. The number of piperidine rings is 1. The van der Waals surface area contributed by atoms with Gasteiger partial charge in [0, 0.05) is 42.5 Å². The van der Waals surface area contributed by atoms with Gasteiger partial charge < -0.3 is 10.2 Å². The first-order valence-electron chi connectivity index (χ1n) is 9.43. The number of carbonyl (C=O) groups excluding carboxylic acids is 1. The third kappa shape index (κ3) is 4.11. The minimum absolute atomic E-state index is 0.0542. The topological polar surface area (TPSA) is 45.2 Å². The molecule has 0 atom stereocenters. The Kier molecular flexibility index (Phi) is 5.19. The highest BCUT2D eigenvalue weighted by atomic mass is 19.1. The van der Waals surface area contributed by atoms with Crippen LogP contribution in [0.4, 0.5) is 20.2 Å². The molecule has 0 bridgehead atoms. The number of fused-ring (bicyclic) bond motifs is 1. The van der Waals surface area contributed by atoms with Crippen LogP contribution in [0.3, 0.4) is 0 Å². The van der Waals surface area contributed by atoms with E-state index in [4.69, 9.17) is 0 Å². The summed E-state index contributed by atoms with van der Waals surface area (Å²) in [7, 11) is 0. The molecule has 28 heavy (non-hydrogen) atoms. The number of halogens is 2. The fourth-order valence-electron chi connectivity index (χ4n) is 3.77. The number of pyridine rings is 1. The second-order valence-electron chi connectivity index (χ2n) is 7.18. The smallest absolute Gasteiger partial charge is 0.224 e. The molecule has 1 fully saturated rings. The number of benzene rings is 2. The lowest BCUT2D eigenvalue weighted by atomic mass is 9.92. The van der Waals surface area contributed by atoms with Crippen LogP contribution in [0.5, 0.6) is 0 Å². The molecule has 1 aliphatic rings. The summed E-state index contributed by atoms with van der Waals surface area (Å²) < 4.78 is 26.6. The summed E-state index contributed by atoms with van der Waals surface area (Å²) >= 11 is 0. The van der Waals surface area contributed by atoms with Crippen molar-refractivity contribution in [2.24, 2.45) is 5.92 Å². The van der Waals surface area contributed by atoms with Crippen molar-refractivity contribution >= 4 is 28.2 Å². The summed E-state index contributed by atoms with van der Waals surface area (Å²) in [6, 6.07) is 12.3. The summed E-state index contributed by atoms with van der Waals surface area (Å²) in [5.74, 6) is -0.356. The van der Waals surface area contributed by atoms with Crippen molar-refractivity contribution in [1.29, 1.82) is 0 Å². The summed E-state index contributed by atoms with van der Waals surface area (Å²) in [5.41, 5.74) is 2.37. The van der Waals surface area contributed by atoms with Gasteiger partial charge in [-0.15, -0.1) is 0 Å². The zero-order chi connectivity index (χ0) is 19.5. The van der Waals surface area contributed by atoms with E-state index < -0.39 is 0 Å². The molecule has 0 unspecified atom stereocenters. The first-order valence-corrected chi connectivity index (χ1v) is 9.43. The number of nitrogens with one attached hydrogen (secondary N) is 1. The van der Waals surface area contributed by atoms with E-state index in [-0.39, 0.29) is 17.5 Å². The number of hydrogen-bond donors (Lipinski definition) is 1. The second-order valence-corrected chi connectivity index (χ2v) is 7.18. The molecule has 0 saturated carbocycles. The fourth-order valence-corrected chi connectivity index (χ4v) is 3.77. The van der Waals surface area contributed by atoms with E-state index >= 15 is 0 Å². The van der Waals surface area contributed by atoms with Gasteiger partial charge >= 0.3 is 0 Å². The van der Waals surface area contributed by atoms with Gasteiger partial charge in [-0.3, -0.25) is 9.78 Å². The maximum Gasteiger partial charge on any atom is 0.224 e. The minimum atomic E-state index is -0.325. The molecule has 1 aromatic heterocycles. The Labute approximate surface area is 162 Å². The number of hydrogen-bond acceptors (Lipinski definition) is 3. The van der Waals surface area contributed by atoms with Crippen LogP contribution in [-0.4, -0.2) is 24.0 Å². The molecule has 0 spiro atoms. The van der Waals surface area contributed by atoms with Crippen molar-refractivity contribution < 1.29 is 13.6 Å². The molecule has 1 aliphatic heterocycles. The minimum Gasteiger partial charge on any atom is -0.371 e. The Hall–Kier alpha value is -3.02. The molecule has 0 aliphatic carbocycles. The van der Waals surface area contributed by atoms with Crippen molar-refractivity contribution in [1.82, 2.24) is 4.98 Å². The van der Waals surface area contributed by atoms with Crippen LogP contribution in [0.25, 0.3) is 10.9 Å². The summed E-state index contributed by atoms with van der Waals surface area (Å²) in [6.45, 7) is 1.62. The van der Waals surface area contributed by atoms with Gasteiger partial charge in [0.25, 0.3) is 0 Å². The van der Waals surface area contributed by atoms with Gasteiger partial charge in [-0.25, -0.2) is 8.78 Å². The third-order valence-electron chi connectivity index (χ3n) is 5.24. The zero-order valence-corrected chi connectivity index (χ0v) is 15.4. The number of rotatable bonds is 4. The standard InChI is InChI=1S/C22H21F2N3O/c23-16-1-4-18(5-2-16)26-22(28)13-15-8-11-27(12-9-15)21-7-10-25-20-6-3-17(24)14-19(20)21/h1-7,10,14-15H,8-9,11-13H2,(H,26,28). The van der Waals surface area contributed by atoms with Crippen LogP contribution in [-0.2, 0) is 4.79 Å². The highest BCUT2D eigenvalue weighted by Gasteiger charge is 2.23. The second kappa shape index (κ2) is 7.92. The third-order valence-corrected chi connectivity index (χ3v) is 5.24. The SMILES string of the molecule is O=C(CC1CCN(c2ccnc3ccc(F)cc23)CC1)Nc1ccc(F)cc1. The lowest BCUT2D eigenvalue weighted by Crippen LogP contribution is -2.35. The van der Waals surface area contributed by atoms with E-state index in [2.05, 4.69) is 15.2 Å². The summed E-state index contributed by atoms with van der Waals surface area (Å²) in [5, 5.41) is 3.64.